The number of rotatable bonds is 3. The van der Waals surface area contributed by atoms with Crippen molar-refractivity contribution in [3.63, 3.8) is 0 Å². The molecule has 11 heavy (non-hydrogen) atoms. The van der Waals surface area contributed by atoms with Crippen LogP contribution in [-0.2, 0) is 4.74 Å². The predicted molar refractivity (Wildman–Crippen MR) is 40.5 cm³/mol. The van der Waals surface area contributed by atoms with Gasteiger partial charge in [-0.25, -0.2) is 4.99 Å². The smallest absolute Gasteiger partial charge is 0.208 e. The Kier molecular flexibility index (Phi) is 2.26. The maximum atomic E-state index is 8.85. The molecule has 0 fully saturated rings. The first-order chi connectivity index (χ1) is 5.26. The quantitative estimate of drug-likeness (QED) is 0.570. The van der Waals surface area contributed by atoms with Crippen LogP contribution in [0.25, 0.3) is 0 Å². The van der Waals surface area contributed by atoms with Gasteiger partial charge >= 0.3 is 0 Å². The zero-order valence-corrected chi connectivity index (χ0v) is 6.16. The summed E-state index contributed by atoms with van der Waals surface area (Å²) in [5.41, 5.74) is -0.844. The Morgan fingerprint density at radius 1 is 1.64 bits per heavy atom. The summed E-state index contributed by atoms with van der Waals surface area (Å²) in [6.45, 7) is 3.27. The third-order valence-electron chi connectivity index (χ3n) is 1.60. The van der Waals surface area contributed by atoms with Gasteiger partial charge in [0.1, 0.15) is 12.1 Å². The van der Waals surface area contributed by atoms with Crippen LogP contribution in [0.4, 0.5) is 0 Å². The van der Waals surface area contributed by atoms with Crippen molar-refractivity contribution in [2.24, 2.45) is 4.99 Å². The average Bonchev–Trinajstić information content (AvgIpc) is 2.49. The molecular weight excluding hydrogens is 146 g/mol. The zero-order chi connectivity index (χ0) is 8.32. The molecule has 0 saturated carbocycles. The molecule has 4 nitrogen and oxygen atoms in total. The molecule has 0 amide bonds. The van der Waals surface area contributed by atoms with Crippen molar-refractivity contribution in [1.82, 2.24) is 0 Å². The zero-order valence-electron chi connectivity index (χ0n) is 6.16. The largest absolute Gasteiger partial charge is 0.475 e. The molecule has 1 aliphatic heterocycles. The lowest BCUT2D eigenvalue weighted by molar-refractivity contribution is 0.0978. The molecule has 1 aliphatic rings. The highest BCUT2D eigenvalue weighted by atomic mass is 16.5. The second-order valence-corrected chi connectivity index (χ2v) is 2.48. The second kappa shape index (κ2) is 3.02. The van der Waals surface area contributed by atoms with Crippen molar-refractivity contribution in [3.8, 4) is 0 Å². The number of aliphatic hydroxyl groups is 2. The third kappa shape index (κ3) is 1.41. The average molecular weight is 157 g/mol. The molecule has 62 valence electrons. The SMILES string of the molecule is C=CC1=NC(CO)(CO)CO1. The molecule has 0 aromatic carbocycles. The molecule has 2 N–H and O–H groups in total. The second-order valence-electron chi connectivity index (χ2n) is 2.48. The van der Waals surface area contributed by atoms with E-state index >= 15 is 0 Å². The van der Waals surface area contributed by atoms with E-state index in [9.17, 15) is 0 Å². The van der Waals surface area contributed by atoms with Gasteiger partial charge in [0, 0.05) is 0 Å². The minimum absolute atomic E-state index is 0.208. The van der Waals surface area contributed by atoms with Crippen LogP contribution >= 0.6 is 0 Å². The van der Waals surface area contributed by atoms with Gasteiger partial charge < -0.3 is 14.9 Å². The van der Waals surface area contributed by atoms with Crippen LogP contribution in [0.5, 0.6) is 0 Å². The summed E-state index contributed by atoms with van der Waals surface area (Å²) in [4.78, 5) is 3.95. The molecule has 0 aromatic heterocycles. The Balaban J connectivity index is 2.74. The Morgan fingerprint density at radius 2 is 2.27 bits per heavy atom. The third-order valence-corrected chi connectivity index (χ3v) is 1.60. The summed E-state index contributed by atoms with van der Waals surface area (Å²) in [5.74, 6) is 0.383. The Hall–Kier alpha value is -0.870. The number of hydrogen-bond acceptors (Lipinski definition) is 4. The van der Waals surface area contributed by atoms with Gasteiger partial charge in [-0.15, -0.1) is 0 Å². The first kappa shape index (κ1) is 8.23. The van der Waals surface area contributed by atoms with E-state index in [0.717, 1.165) is 0 Å². The lowest BCUT2D eigenvalue weighted by atomic mass is 10.1. The van der Waals surface area contributed by atoms with Crippen LogP contribution in [0.3, 0.4) is 0 Å². The predicted octanol–water partition coefficient (Wildman–Crippen LogP) is -0.675. The molecule has 0 radical (unpaired) electrons. The molecule has 1 heterocycles. The van der Waals surface area contributed by atoms with E-state index in [0.29, 0.717) is 5.90 Å². The van der Waals surface area contributed by atoms with Crippen molar-refractivity contribution in [2.75, 3.05) is 19.8 Å². The van der Waals surface area contributed by atoms with Gasteiger partial charge in [-0.2, -0.15) is 0 Å². The van der Waals surface area contributed by atoms with Gasteiger partial charge in [-0.1, -0.05) is 6.58 Å². The highest BCUT2D eigenvalue weighted by Gasteiger charge is 2.34. The molecule has 0 unspecified atom stereocenters. The molecule has 0 aliphatic carbocycles. The van der Waals surface area contributed by atoms with Gasteiger partial charge in [-0.3, -0.25) is 0 Å². The number of ether oxygens (including phenoxy) is 1. The minimum atomic E-state index is -0.844. The van der Waals surface area contributed by atoms with Crippen molar-refractivity contribution in [1.29, 1.82) is 0 Å². The fraction of sp³-hybridized carbons (Fsp3) is 0.571. The molecule has 0 bridgehead atoms. The number of nitrogens with zero attached hydrogens (tertiary/aromatic N) is 1. The Bertz CT molecular complexity index is 184. The summed E-state index contributed by atoms with van der Waals surface area (Å²) in [6.07, 6.45) is 1.45. The van der Waals surface area contributed by atoms with E-state index < -0.39 is 5.54 Å². The highest BCUT2D eigenvalue weighted by molar-refractivity contribution is 5.88. The summed E-state index contributed by atoms with van der Waals surface area (Å²) in [7, 11) is 0. The standard InChI is InChI=1S/C7H11NO3/c1-2-6-8-7(3-9,4-10)5-11-6/h2,9-10H,1,3-5H2. The topological polar surface area (TPSA) is 62.1 Å². The van der Waals surface area contributed by atoms with Crippen molar-refractivity contribution in [3.05, 3.63) is 12.7 Å². The Morgan fingerprint density at radius 3 is 2.55 bits per heavy atom. The van der Waals surface area contributed by atoms with E-state index in [2.05, 4.69) is 11.6 Å². The molecule has 4 heteroatoms. The van der Waals surface area contributed by atoms with Crippen molar-refractivity contribution >= 4 is 5.90 Å². The monoisotopic (exact) mass is 157 g/mol. The Labute approximate surface area is 64.8 Å². The van der Waals surface area contributed by atoms with Gasteiger partial charge in [-0.05, 0) is 6.08 Å². The van der Waals surface area contributed by atoms with Crippen molar-refractivity contribution < 1.29 is 14.9 Å². The van der Waals surface area contributed by atoms with E-state index in [1.165, 1.54) is 6.08 Å². The normalized spacial score (nSPS) is 20.7. The summed E-state index contributed by atoms with van der Waals surface area (Å²) >= 11 is 0. The molecule has 0 aromatic rings. The molecular formula is C7H11NO3. The maximum absolute atomic E-state index is 8.85. The highest BCUT2D eigenvalue weighted by Crippen LogP contribution is 2.17. The van der Waals surface area contributed by atoms with Gasteiger partial charge in [0.25, 0.3) is 0 Å². The number of aliphatic imine (C=N–C) groups is 1. The molecule has 1 rings (SSSR count). The van der Waals surface area contributed by atoms with Gasteiger partial charge in [0.05, 0.1) is 13.2 Å². The summed E-state index contributed by atoms with van der Waals surface area (Å²) in [6, 6.07) is 0. The fourth-order valence-electron chi connectivity index (χ4n) is 0.823. The van der Waals surface area contributed by atoms with Crippen LogP contribution in [0.15, 0.2) is 17.6 Å². The molecule has 0 atom stereocenters. The molecule has 0 saturated heterocycles. The number of aliphatic hydroxyl groups excluding tert-OH is 2. The fourth-order valence-corrected chi connectivity index (χ4v) is 0.823. The van der Waals surface area contributed by atoms with E-state index in [1.807, 2.05) is 0 Å². The van der Waals surface area contributed by atoms with E-state index in [1.54, 1.807) is 0 Å². The lowest BCUT2D eigenvalue weighted by Gasteiger charge is -2.16. The minimum Gasteiger partial charge on any atom is -0.475 e. The first-order valence-corrected chi connectivity index (χ1v) is 3.33. The van der Waals surface area contributed by atoms with E-state index in [-0.39, 0.29) is 19.8 Å². The number of hydrogen-bond donors (Lipinski definition) is 2. The molecule has 0 spiro atoms. The van der Waals surface area contributed by atoms with Crippen LogP contribution in [0, 0.1) is 0 Å². The summed E-state index contributed by atoms with van der Waals surface area (Å²) < 4.78 is 5.01. The van der Waals surface area contributed by atoms with Crippen LogP contribution in [-0.4, -0.2) is 41.5 Å². The van der Waals surface area contributed by atoms with E-state index in [4.69, 9.17) is 14.9 Å². The van der Waals surface area contributed by atoms with Gasteiger partial charge in [0.15, 0.2) is 0 Å². The van der Waals surface area contributed by atoms with Crippen LogP contribution < -0.4 is 0 Å². The van der Waals surface area contributed by atoms with Crippen LogP contribution in [0.1, 0.15) is 0 Å². The van der Waals surface area contributed by atoms with Crippen molar-refractivity contribution in [2.45, 2.75) is 5.54 Å². The van der Waals surface area contributed by atoms with Gasteiger partial charge in [0.2, 0.25) is 5.90 Å². The lowest BCUT2D eigenvalue weighted by Crippen LogP contribution is -2.37. The van der Waals surface area contributed by atoms with Crippen LogP contribution in [0.2, 0.25) is 0 Å². The summed E-state index contributed by atoms with van der Waals surface area (Å²) in [5, 5.41) is 17.7. The maximum Gasteiger partial charge on any atom is 0.208 e. The first-order valence-electron chi connectivity index (χ1n) is 3.33.